The van der Waals surface area contributed by atoms with Gasteiger partial charge in [0.15, 0.2) is 15.7 Å². The molecule has 1 fully saturated rings. The largest absolute Gasteiger partial charge is 0.334 e. The van der Waals surface area contributed by atoms with E-state index in [-0.39, 0.29) is 30.0 Å². The molecule has 0 spiro atoms. The second-order valence-electron chi connectivity index (χ2n) is 6.54. The Morgan fingerprint density at radius 2 is 2.04 bits per heavy atom. The molecule has 1 saturated heterocycles. The van der Waals surface area contributed by atoms with Crippen molar-refractivity contribution < 1.29 is 12.9 Å². The molecule has 7 nitrogen and oxygen atoms in total. The summed E-state index contributed by atoms with van der Waals surface area (Å²) in [7, 11) is -0.945. The van der Waals surface area contributed by atoms with E-state index in [4.69, 9.17) is 4.52 Å². The zero-order chi connectivity index (χ0) is 17.9. The summed E-state index contributed by atoms with van der Waals surface area (Å²) in [6.45, 7) is 3.95. The third-order valence-electron chi connectivity index (χ3n) is 4.47. The van der Waals surface area contributed by atoms with Crippen LogP contribution in [0.25, 0.3) is 11.5 Å². The lowest BCUT2D eigenvalue weighted by Gasteiger charge is -2.26. The van der Waals surface area contributed by atoms with E-state index in [0.29, 0.717) is 31.2 Å². The minimum Gasteiger partial charge on any atom is -0.334 e. The van der Waals surface area contributed by atoms with Crippen molar-refractivity contribution in [2.45, 2.75) is 25.9 Å². The van der Waals surface area contributed by atoms with Crippen molar-refractivity contribution in [1.82, 2.24) is 20.4 Å². The van der Waals surface area contributed by atoms with E-state index in [1.54, 1.807) is 0 Å². The van der Waals surface area contributed by atoms with Gasteiger partial charge in [0.2, 0.25) is 0 Å². The van der Waals surface area contributed by atoms with Gasteiger partial charge in [-0.15, -0.1) is 12.4 Å². The van der Waals surface area contributed by atoms with Gasteiger partial charge in [-0.2, -0.15) is 4.98 Å². The van der Waals surface area contributed by atoms with Crippen molar-refractivity contribution >= 4 is 22.2 Å². The first-order chi connectivity index (χ1) is 11.9. The molecule has 0 saturated carbocycles. The summed E-state index contributed by atoms with van der Waals surface area (Å²) in [6.07, 6.45) is 0.710. The Morgan fingerprint density at radius 1 is 1.31 bits per heavy atom. The van der Waals surface area contributed by atoms with Crippen LogP contribution in [0.3, 0.4) is 0 Å². The Labute approximate surface area is 160 Å². The van der Waals surface area contributed by atoms with Gasteiger partial charge in [0.05, 0.1) is 11.5 Å². The molecule has 9 heteroatoms. The van der Waals surface area contributed by atoms with E-state index in [1.165, 1.54) is 0 Å². The summed E-state index contributed by atoms with van der Waals surface area (Å²) < 4.78 is 28.4. The van der Waals surface area contributed by atoms with E-state index < -0.39 is 9.84 Å². The predicted molar refractivity (Wildman–Crippen MR) is 103 cm³/mol. The summed E-state index contributed by atoms with van der Waals surface area (Å²) in [6, 6.07) is 8.26. The number of sulfone groups is 1. The third-order valence-corrected chi connectivity index (χ3v) is 6.08. The average molecular weight is 401 g/mol. The van der Waals surface area contributed by atoms with Crippen LogP contribution in [0.1, 0.15) is 18.3 Å². The summed E-state index contributed by atoms with van der Waals surface area (Å²) in [4.78, 5) is 6.63. The highest BCUT2D eigenvalue weighted by Crippen LogP contribution is 2.20. The molecular formula is C17H25ClN4O3S. The molecule has 1 aliphatic heterocycles. The monoisotopic (exact) mass is 400 g/mol. The number of benzene rings is 1. The molecule has 0 aliphatic carbocycles. The Morgan fingerprint density at radius 3 is 2.73 bits per heavy atom. The van der Waals surface area contributed by atoms with Crippen LogP contribution < -0.4 is 5.32 Å². The smallest absolute Gasteiger partial charge is 0.257 e. The molecule has 1 unspecified atom stereocenters. The average Bonchev–Trinajstić information content (AvgIpc) is 3.05. The second kappa shape index (κ2) is 8.94. The van der Waals surface area contributed by atoms with Gasteiger partial charge in [0.1, 0.15) is 0 Å². The zero-order valence-electron chi connectivity index (χ0n) is 15.0. The topological polar surface area (TPSA) is 88.3 Å². The van der Waals surface area contributed by atoms with E-state index >= 15 is 0 Å². The summed E-state index contributed by atoms with van der Waals surface area (Å²) in [5.74, 6) is 1.68. The Bertz CT molecular complexity index is 811. The van der Waals surface area contributed by atoms with Crippen LogP contribution in [0, 0.1) is 0 Å². The van der Waals surface area contributed by atoms with E-state index in [9.17, 15) is 8.42 Å². The van der Waals surface area contributed by atoms with Crippen LogP contribution in [0.5, 0.6) is 0 Å². The lowest BCUT2D eigenvalue weighted by molar-refractivity contribution is 0.287. The third kappa shape index (κ3) is 5.51. The van der Waals surface area contributed by atoms with Crippen LogP contribution in [-0.2, 0) is 22.8 Å². The number of nitrogens with one attached hydrogen (secondary N) is 1. The number of hydrogen-bond acceptors (Lipinski definition) is 7. The molecule has 0 radical (unpaired) electrons. The van der Waals surface area contributed by atoms with Crippen LogP contribution in [0.15, 0.2) is 28.8 Å². The molecule has 144 valence electrons. The van der Waals surface area contributed by atoms with Crippen molar-refractivity contribution in [2.24, 2.45) is 0 Å². The fourth-order valence-corrected chi connectivity index (χ4v) is 4.08. The maximum Gasteiger partial charge on any atom is 0.257 e. The molecule has 1 N–H and O–H groups in total. The molecule has 2 heterocycles. The number of rotatable bonds is 6. The van der Waals surface area contributed by atoms with Crippen molar-refractivity contribution in [3.63, 3.8) is 0 Å². The van der Waals surface area contributed by atoms with Gasteiger partial charge in [-0.3, -0.25) is 4.90 Å². The molecule has 0 bridgehead atoms. The van der Waals surface area contributed by atoms with E-state index in [1.807, 2.05) is 31.3 Å². The van der Waals surface area contributed by atoms with E-state index in [2.05, 4.69) is 27.3 Å². The second-order valence-corrected chi connectivity index (χ2v) is 8.84. The predicted octanol–water partition coefficient (Wildman–Crippen LogP) is 1.54. The Hall–Kier alpha value is -1.48. The van der Waals surface area contributed by atoms with Crippen LogP contribution in [-0.4, -0.2) is 61.1 Å². The number of aromatic nitrogens is 2. The lowest BCUT2D eigenvalue weighted by atomic mass is 10.1. The van der Waals surface area contributed by atoms with Crippen molar-refractivity contribution in [1.29, 1.82) is 0 Å². The molecule has 0 amide bonds. The minimum atomic E-state index is -2.85. The number of halogens is 1. The molecule has 1 aliphatic rings. The number of hydrogen-bond donors (Lipinski definition) is 1. The van der Waals surface area contributed by atoms with Gasteiger partial charge in [-0.05, 0) is 31.7 Å². The summed E-state index contributed by atoms with van der Waals surface area (Å²) >= 11 is 0. The number of likely N-dealkylation sites (N-methyl/N-ethyl adjacent to an activating group) is 1. The molecule has 3 rings (SSSR count). The molecular weight excluding hydrogens is 376 g/mol. The highest BCUT2D eigenvalue weighted by Gasteiger charge is 2.21. The van der Waals surface area contributed by atoms with E-state index in [0.717, 1.165) is 17.7 Å². The fraction of sp³-hybridized carbons (Fsp3) is 0.529. The molecule has 1 aromatic heterocycles. The van der Waals surface area contributed by atoms with Gasteiger partial charge in [0, 0.05) is 37.7 Å². The standard InChI is InChI=1S/C17H24N4O3S.ClH/c1-13(18-2)10-16-19-17(24-20-16)15-5-3-4-14(11-15)12-21-6-8-25(22,23)9-7-21;/h3-5,11,13,18H,6-10,12H2,1-2H3;1H. The van der Waals surface area contributed by atoms with Crippen molar-refractivity contribution in [3.05, 3.63) is 35.7 Å². The minimum absolute atomic E-state index is 0. The van der Waals surface area contributed by atoms with Gasteiger partial charge < -0.3 is 9.84 Å². The Kier molecular flexibility index (Phi) is 7.16. The first kappa shape index (κ1) is 20.8. The molecule has 2 aromatic rings. The molecule has 1 atom stereocenters. The molecule has 1 aromatic carbocycles. The highest BCUT2D eigenvalue weighted by molar-refractivity contribution is 7.91. The van der Waals surface area contributed by atoms with Crippen LogP contribution in [0.2, 0.25) is 0 Å². The molecule has 26 heavy (non-hydrogen) atoms. The Balaban J connectivity index is 0.00000243. The first-order valence-electron chi connectivity index (χ1n) is 8.47. The van der Waals surface area contributed by atoms with Gasteiger partial charge >= 0.3 is 0 Å². The maximum atomic E-state index is 11.5. The maximum absolute atomic E-state index is 11.5. The lowest BCUT2D eigenvalue weighted by Crippen LogP contribution is -2.39. The van der Waals surface area contributed by atoms with Crippen molar-refractivity contribution in [2.75, 3.05) is 31.6 Å². The van der Waals surface area contributed by atoms with Gasteiger partial charge in [0.25, 0.3) is 5.89 Å². The zero-order valence-corrected chi connectivity index (χ0v) is 16.6. The summed E-state index contributed by atoms with van der Waals surface area (Å²) in [5.41, 5.74) is 2.00. The van der Waals surface area contributed by atoms with Crippen LogP contribution >= 0.6 is 12.4 Å². The quantitative estimate of drug-likeness (QED) is 0.786. The first-order valence-corrected chi connectivity index (χ1v) is 10.3. The number of nitrogens with zero attached hydrogens (tertiary/aromatic N) is 3. The van der Waals surface area contributed by atoms with Gasteiger partial charge in [-0.1, -0.05) is 17.3 Å². The normalized spacial score (nSPS) is 18.2. The van der Waals surface area contributed by atoms with Crippen molar-refractivity contribution in [3.8, 4) is 11.5 Å². The SMILES string of the molecule is CNC(C)Cc1noc(-c2cccc(CN3CCS(=O)(=O)CC3)c2)n1.Cl. The fourth-order valence-electron chi connectivity index (χ4n) is 2.80. The highest BCUT2D eigenvalue weighted by atomic mass is 35.5. The summed E-state index contributed by atoms with van der Waals surface area (Å²) in [5, 5.41) is 7.19. The van der Waals surface area contributed by atoms with Gasteiger partial charge in [-0.25, -0.2) is 8.42 Å². The van der Waals surface area contributed by atoms with Crippen LogP contribution in [0.4, 0.5) is 0 Å².